The van der Waals surface area contributed by atoms with E-state index in [-0.39, 0.29) is 5.78 Å². The molecule has 0 N–H and O–H groups in total. The molecule has 0 aliphatic carbocycles. The number of rotatable bonds is 4. The Morgan fingerprint density at radius 1 is 1.05 bits per heavy atom. The number of hydrogen-bond donors (Lipinski definition) is 0. The van der Waals surface area contributed by atoms with Gasteiger partial charge in [-0.25, -0.2) is 0 Å². The lowest BCUT2D eigenvalue weighted by atomic mass is 9.99. The number of hydrogen-bond acceptors (Lipinski definition) is 2. The van der Waals surface area contributed by atoms with Gasteiger partial charge in [-0.05, 0) is 49.7 Å². The van der Waals surface area contributed by atoms with Gasteiger partial charge in [0, 0.05) is 18.0 Å². The molecule has 2 heteroatoms. The fourth-order valence-electron chi connectivity index (χ4n) is 3.24. The smallest absolute Gasteiger partial charge is 0.164 e. The normalized spacial score (nSPS) is 17.8. The van der Waals surface area contributed by atoms with E-state index < -0.39 is 0 Å². The Bertz CT molecular complexity index is 628. The zero-order valence-corrected chi connectivity index (χ0v) is 12.7. The van der Waals surface area contributed by atoms with Gasteiger partial charge in [0.2, 0.25) is 0 Å². The molecular weight excluding hydrogens is 258 g/mol. The standard InChI is InChI=1S/C19H23NO/c1-15(20-11-5-2-6-12-20)13-19(21)18-10-9-16-7-3-4-8-17(16)14-18/h3-4,7-10,14-15H,2,5-6,11-13H2,1H3. The topological polar surface area (TPSA) is 20.3 Å². The lowest BCUT2D eigenvalue weighted by Gasteiger charge is -2.32. The molecule has 2 nitrogen and oxygen atoms in total. The molecule has 2 aromatic rings. The van der Waals surface area contributed by atoms with Crippen LogP contribution in [0.1, 0.15) is 43.0 Å². The maximum Gasteiger partial charge on any atom is 0.164 e. The van der Waals surface area contributed by atoms with E-state index >= 15 is 0 Å². The Balaban J connectivity index is 1.71. The summed E-state index contributed by atoms with van der Waals surface area (Å²) in [6.07, 6.45) is 4.50. The molecule has 0 aromatic heterocycles. The number of Topliss-reactive ketones (excluding diaryl/α,β-unsaturated/α-hetero) is 1. The van der Waals surface area contributed by atoms with Crippen LogP contribution >= 0.6 is 0 Å². The number of benzene rings is 2. The van der Waals surface area contributed by atoms with E-state index in [1.165, 1.54) is 24.6 Å². The largest absolute Gasteiger partial charge is 0.300 e. The van der Waals surface area contributed by atoms with E-state index in [0.717, 1.165) is 24.0 Å². The number of carbonyl (C=O) groups excluding carboxylic acids is 1. The van der Waals surface area contributed by atoms with Crippen LogP contribution in [0.5, 0.6) is 0 Å². The molecule has 1 heterocycles. The Morgan fingerprint density at radius 2 is 1.76 bits per heavy atom. The van der Waals surface area contributed by atoms with Gasteiger partial charge in [0.15, 0.2) is 5.78 Å². The van der Waals surface area contributed by atoms with Crippen molar-refractivity contribution < 1.29 is 4.79 Å². The minimum atomic E-state index is 0.263. The van der Waals surface area contributed by atoms with Crippen LogP contribution in [-0.4, -0.2) is 29.8 Å². The second-order valence-electron chi connectivity index (χ2n) is 6.13. The van der Waals surface area contributed by atoms with Crippen LogP contribution < -0.4 is 0 Å². The molecule has 1 unspecified atom stereocenters. The van der Waals surface area contributed by atoms with E-state index in [1.807, 2.05) is 30.3 Å². The summed E-state index contributed by atoms with van der Waals surface area (Å²) in [5, 5.41) is 2.34. The number of fused-ring (bicyclic) bond motifs is 1. The average Bonchev–Trinajstić information content (AvgIpc) is 2.55. The zero-order chi connectivity index (χ0) is 14.7. The molecule has 1 aliphatic rings. The maximum atomic E-state index is 12.5. The van der Waals surface area contributed by atoms with E-state index in [1.54, 1.807) is 0 Å². The van der Waals surface area contributed by atoms with Crippen LogP contribution in [0.2, 0.25) is 0 Å². The van der Waals surface area contributed by atoms with E-state index in [0.29, 0.717) is 12.5 Å². The first kappa shape index (κ1) is 14.3. The third kappa shape index (κ3) is 3.33. The third-order valence-corrected chi connectivity index (χ3v) is 4.57. The third-order valence-electron chi connectivity index (χ3n) is 4.57. The Labute approximate surface area is 126 Å². The minimum absolute atomic E-state index is 0.263. The van der Waals surface area contributed by atoms with Crippen molar-refractivity contribution in [2.24, 2.45) is 0 Å². The fourth-order valence-corrected chi connectivity index (χ4v) is 3.24. The summed E-state index contributed by atoms with van der Waals surface area (Å²) >= 11 is 0. The first-order valence-electron chi connectivity index (χ1n) is 8.00. The first-order valence-corrected chi connectivity index (χ1v) is 8.00. The molecule has 1 aliphatic heterocycles. The van der Waals surface area contributed by atoms with Crippen molar-refractivity contribution in [1.29, 1.82) is 0 Å². The van der Waals surface area contributed by atoms with E-state index in [9.17, 15) is 4.79 Å². The number of nitrogens with zero attached hydrogens (tertiary/aromatic N) is 1. The van der Waals surface area contributed by atoms with Gasteiger partial charge in [-0.3, -0.25) is 4.79 Å². The van der Waals surface area contributed by atoms with Gasteiger partial charge in [0.1, 0.15) is 0 Å². The predicted molar refractivity (Wildman–Crippen MR) is 87.8 cm³/mol. The van der Waals surface area contributed by atoms with Crippen LogP contribution in [0, 0.1) is 0 Å². The summed E-state index contributed by atoms with van der Waals surface area (Å²) in [6, 6.07) is 14.6. The van der Waals surface area contributed by atoms with Gasteiger partial charge in [-0.1, -0.05) is 42.8 Å². The lowest BCUT2D eigenvalue weighted by molar-refractivity contribution is 0.0911. The predicted octanol–water partition coefficient (Wildman–Crippen LogP) is 4.29. The van der Waals surface area contributed by atoms with Gasteiger partial charge >= 0.3 is 0 Å². The molecule has 110 valence electrons. The molecule has 21 heavy (non-hydrogen) atoms. The monoisotopic (exact) mass is 281 g/mol. The molecule has 1 fully saturated rings. The molecule has 2 aromatic carbocycles. The highest BCUT2D eigenvalue weighted by Crippen LogP contribution is 2.19. The summed E-state index contributed by atoms with van der Waals surface area (Å²) in [5.41, 5.74) is 0.845. The van der Waals surface area contributed by atoms with Crippen LogP contribution in [0.4, 0.5) is 0 Å². The molecule has 1 saturated heterocycles. The van der Waals surface area contributed by atoms with E-state index in [4.69, 9.17) is 0 Å². The summed E-state index contributed by atoms with van der Waals surface area (Å²) in [7, 11) is 0. The van der Waals surface area contributed by atoms with Crippen molar-refractivity contribution in [3.8, 4) is 0 Å². The van der Waals surface area contributed by atoms with Crippen molar-refractivity contribution in [2.45, 2.75) is 38.6 Å². The van der Waals surface area contributed by atoms with Gasteiger partial charge in [-0.15, -0.1) is 0 Å². The SMILES string of the molecule is CC(CC(=O)c1ccc2ccccc2c1)N1CCCCC1. The van der Waals surface area contributed by atoms with Crippen LogP contribution in [0.25, 0.3) is 10.8 Å². The molecule has 1 atom stereocenters. The number of piperidine rings is 1. The van der Waals surface area contributed by atoms with Gasteiger partial charge in [-0.2, -0.15) is 0 Å². The van der Waals surface area contributed by atoms with Crippen molar-refractivity contribution in [2.75, 3.05) is 13.1 Å². The van der Waals surface area contributed by atoms with Crippen molar-refractivity contribution >= 4 is 16.6 Å². The Morgan fingerprint density at radius 3 is 2.52 bits per heavy atom. The summed E-state index contributed by atoms with van der Waals surface area (Å²) in [5.74, 6) is 0.263. The molecule has 0 amide bonds. The van der Waals surface area contributed by atoms with Crippen molar-refractivity contribution in [3.63, 3.8) is 0 Å². The zero-order valence-electron chi connectivity index (χ0n) is 12.7. The minimum Gasteiger partial charge on any atom is -0.300 e. The van der Waals surface area contributed by atoms with Gasteiger partial charge < -0.3 is 4.90 Å². The van der Waals surface area contributed by atoms with Crippen molar-refractivity contribution in [1.82, 2.24) is 4.90 Å². The van der Waals surface area contributed by atoms with Crippen LogP contribution in [-0.2, 0) is 0 Å². The highest BCUT2D eigenvalue weighted by atomic mass is 16.1. The molecule has 3 rings (SSSR count). The second-order valence-corrected chi connectivity index (χ2v) is 6.13. The second kappa shape index (κ2) is 6.40. The molecule has 0 bridgehead atoms. The molecule has 0 spiro atoms. The molecule has 0 radical (unpaired) electrons. The van der Waals surface area contributed by atoms with Crippen LogP contribution in [0.3, 0.4) is 0 Å². The number of carbonyl (C=O) groups is 1. The Kier molecular flexibility index (Phi) is 4.35. The fraction of sp³-hybridized carbons (Fsp3) is 0.421. The van der Waals surface area contributed by atoms with Gasteiger partial charge in [0.25, 0.3) is 0 Å². The summed E-state index contributed by atoms with van der Waals surface area (Å²) < 4.78 is 0. The summed E-state index contributed by atoms with van der Waals surface area (Å²) in [4.78, 5) is 15.0. The summed E-state index contributed by atoms with van der Waals surface area (Å²) in [6.45, 7) is 4.47. The molecular formula is C19H23NO. The Hall–Kier alpha value is -1.67. The number of ketones is 1. The average molecular weight is 281 g/mol. The highest BCUT2D eigenvalue weighted by molar-refractivity contribution is 6.00. The number of likely N-dealkylation sites (tertiary alicyclic amines) is 1. The first-order chi connectivity index (χ1) is 10.2. The van der Waals surface area contributed by atoms with E-state index in [2.05, 4.69) is 24.0 Å². The highest BCUT2D eigenvalue weighted by Gasteiger charge is 2.19. The maximum absolute atomic E-state index is 12.5. The van der Waals surface area contributed by atoms with Crippen LogP contribution in [0.15, 0.2) is 42.5 Å². The quantitative estimate of drug-likeness (QED) is 0.779. The van der Waals surface area contributed by atoms with Crippen molar-refractivity contribution in [3.05, 3.63) is 48.0 Å². The lowest BCUT2D eigenvalue weighted by Crippen LogP contribution is -2.38. The van der Waals surface area contributed by atoms with Gasteiger partial charge in [0.05, 0.1) is 0 Å². The molecule has 0 saturated carbocycles.